The number of nitrogens with one attached hydrogen (secondary N) is 1. The van der Waals surface area contributed by atoms with E-state index in [1.165, 1.54) is 6.92 Å². The molecule has 0 radical (unpaired) electrons. The average Bonchev–Trinajstić information content (AvgIpc) is 2.74. The number of hydrogen-bond donors (Lipinski definition) is 2. The summed E-state index contributed by atoms with van der Waals surface area (Å²) in [7, 11) is 0. The molecule has 1 atom stereocenters. The van der Waals surface area contributed by atoms with Crippen LogP contribution in [-0.4, -0.2) is 11.0 Å². The molecule has 114 valence electrons. The smallest absolute Gasteiger partial charge is 0.221 e. The molecule has 0 heterocycles. The zero-order valence-electron chi connectivity index (χ0n) is 11.2. The predicted octanol–water partition coefficient (Wildman–Crippen LogP) is 5.32. The lowest BCUT2D eigenvalue weighted by Gasteiger charge is -2.16. The number of amides is 1. The lowest BCUT2D eigenvalue weighted by atomic mass is 10.0. The van der Waals surface area contributed by atoms with Crippen LogP contribution in [0.5, 0.6) is 0 Å². The van der Waals surface area contributed by atoms with E-state index < -0.39 is 6.10 Å². The summed E-state index contributed by atoms with van der Waals surface area (Å²) >= 11 is 24.9. The summed E-state index contributed by atoms with van der Waals surface area (Å²) in [4.78, 5) is 11.3. The van der Waals surface area contributed by atoms with Crippen LogP contribution in [0.1, 0.15) is 24.2 Å². The molecule has 3 nitrogen and oxygen atoms in total. The van der Waals surface area contributed by atoms with Gasteiger partial charge in [0.2, 0.25) is 5.91 Å². The number of hydrogen-bond acceptors (Lipinski definition) is 2. The highest BCUT2D eigenvalue weighted by atomic mass is 35.5. The van der Waals surface area contributed by atoms with Crippen molar-refractivity contribution in [3.63, 3.8) is 0 Å². The van der Waals surface area contributed by atoms with Gasteiger partial charge in [-0.05, 0) is 23.3 Å². The van der Waals surface area contributed by atoms with Gasteiger partial charge >= 0.3 is 0 Å². The van der Waals surface area contributed by atoms with Crippen LogP contribution >= 0.6 is 46.4 Å². The number of benzene rings is 2. The molecule has 2 aromatic carbocycles. The lowest BCUT2D eigenvalue weighted by Crippen LogP contribution is -2.09. The maximum absolute atomic E-state index is 11.3. The van der Waals surface area contributed by atoms with E-state index in [1.807, 2.05) is 0 Å². The topological polar surface area (TPSA) is 49.3 Å². The Morgan fingerprint density at radius 1 is 1.14 bits per heavy atom. The molecule has 2 N–H and O–H groups in total. The third kappa shape index (κ3) is 2.29. The Labute approximate surface area is 146 Å². The highest BCUT2D eigenvalue weighted by Crippen LogP contribution is 2.55. The first kappa shape index (κ1) is 15.9. The van der Waals surface area contributed by atoms with Crippen LogP contribution < -0.4 is 5.32 Å². The zero-order chi connectivity index (χ0) is 16.2. The summed E-state index contributed by atoms with van der Waals surface area (Å²) in [5, 5.41) is 14.1. The van der Waals surface area contributed by atoms with Crippen molar-refractivity contribution >= 4 is 58.0 Å². The number of halogens is 4. The summed E-state index contributed by atoms with van der Waals surface area (Å²) in [6.07, 6.45) is -0.988. The van der Waals surface area contributed by atoms with Gasteiger partial charge in [-0.2, -0.15) is 0 Å². The highest BCUT2D eigenvalue weighted by molar-refractivity contribution is 6.49. The Balaban J connectivity index is 2.34. The normalized spacial score (nSPS) is 15.5. The van der Waals surface area contributed by atoms with E-state index in [-0.39, 0.29) is 26.7 Å². The van der Waals surface area contributed by atoms with Crippen molar-refractivity contribution in [2.45, 2.75) is 13.0 Å². The summed E-state index contributed by atoms with van der Waals surface area (Å²) < 4.78 is 0. The number of carbonyl (C=O) groups is 1. The Kier molecular flexibility index (Phi) is 4.04. The molecule has 1 aliphatic carbocycles. The fourth-order valence-electron chi connectivity index (χ4n) is 2.63. The van der Waals surface area contributed by atoms with E-state index in [9.17, 15) is 9.90 Å². The molecule has 0 saturated carbocycles. The van der Waals surface area contributed by atoms with Gasteiger partial charge in [-0.25, -0.2) is 0 Å². The van der Waals surface area contributed by atoms with Crippen LogP contribution in [0, 0.1) is 0 Å². The van der Waals surface area contributed by atoms with Gasteiger partial charge in [0.1, 0.15) is 6.10 Å². The van der Waals surface area contributed by atoms with Gasteiger partial charge in [-0.3, -0.25) is 4.79 Å². The van der Waals surface area contributed by atoms with Crippen LogP contribution in [0.4, 0.5) is 5.69 Å². The van der Waals surface area contributed by atoms with Crippen LogP contribution in [-0.2, 0) is 4.79 Å². The molecule has 7 heteroatoms. The van der Waals surface area contributed by atoms with Crippen LogP contribution in [0.2, 0.25) is 20.1 Å². The Morgan fingerprint density at radius 2 is 1.82 bits per heavy atom. The first-order chi connectivity index (χ1) is 10.3. The minimum atomic E-state index is -0.988. The molecular weight excluding hydrogens is 368 g/mol. The van der Waals surface area contributed by atoms with Crippen molar-refractivity contribution in [3.05, 3.63) is 49.4 Å². The first-order valence-electron chi connectivity index (χ1n) is 6.28. The average molecular weight is 377 g/mol. The number of aliphatic hydroxyl groups is 1. The molecule has 0 bridgehead atoms. The Hall–Kier alpha value is -0.970. The highest BCUT2D eigenvalue weighted by Gasteiger charge is 2.35. The number of anilines is 1. The summed E-state index contributed by atoms with van der Waals surface area (Å²) in [6.45, 7) is 1.33. The van der Waals surface area contributed by atoms with E-state index in [2.05, 4.69) is 5.32 Å². The van der Waals surface area contributed by atoms with E-state index >= 15 is 0 Å². The molecular formula is C15H9Cl4NO2. The van der Waals surface area contributed by atoms with Crippen molar-refractivity contribution < 1.29 is 9.90 Å². The number of rotatable bonds is 1. The zero-order valence-corrected chi connectivity index (χ0v) is 14.2. The van der Waals surface area contributed by atoms with Crippen molar-refractivity contribution in [1.82, 2.24) is 0 Å². The molecule has 0 fully saturated rings. The summed E-state index contributed by atoms with van der Waals surface area (Å²) in [5.41, 5.74) is 2.48. The quantitative estimate of drug-likeness (QED) is 0.661. The van der Waals surface area contributed by atoms with Gasteiger partial charge in [0.05, 0.1) is 20.8 Å². The molecule has 0 unspecified atom stereocenters. The van der Waals surface area contributed by atoms with Gasteiger partial charge in [0.25, 0.3) is 0 Å². The summed E-state index contributed by atoms with van der Waals surface area (Å²) in [6, 6.07) is 5.10. The van der Waals surface area contributed by atoms with Crippen molar-refractivity contribution in [3.8, 4) is 11.1 Å². The molecule has 1 amide bonds. The van der Waals surface area contributed by atoms with Gasteiger partial charge < -0.3 is 10.4 Å². The van der Waals surface area contributed by atoms with E-state index in [4.69, 9.17) is 46.4 Å². The standard InChI is InChI=1S/C15H9Cl4NO2/c1-5(21)20-14-12(18)10-9(11(17)13(14)19)7-3-2-6(16)4-8(7)15(10)22/h2-4,15,22H,1H3,(H,20,21)/t15-/m1/s1. The predicted molar refractivity (Wildman–Crippen MR) is 90.3 cm³/mol. The largest absolute Gasteiger partial charge is 0.384 e. The second-order valence-electron chi connectivity index (χ2n) is 4.92. The van der Waals surface area contributed by atoms with Crippen molar-refractivity contribution in [2.24, 2.45) is 0 Å². The monoisotopic (exact) mass is 375 g/mol. The van der Waals surface area contributed by atoms with Crippen molar-refractivity contribution in [2.75, 3.05) is 5.32 Å². The number of carbonyl (C=O) groups excluding carboxylic acids is 1. The molecule has 0 aromatic heterocycles. The van der Waals surface area contributed by atoms with E-state index in [0.717, 1.165) is 5.56 Å². The van der Waals surface area contributed by atoms with Crippen LogP contribution in [0.25, 0.3) is 11.1 Å². The van der Waals surface area contributed by atoms with Gasteiger partial charge in [-0.1, -0.05) is 52.5 Å². The summed E-state index contributed by atoms with van der Waals surface area (Å²) in [5.74, 6) is -0.340. The first-order valence-corrected chi connectivity index (χ1v) is 7.80. The van der Waals surface area contributed by atoms with Crippen LogP contribution in [0.3, 0.4) is 0 Å². The molecule has 0 spiro atoms. The maximum Gasteiger partial charge on any atom is 0.221 e. The molecule has 3 rings (SSSR count). The third-order valence-electron chi connectivity index (χ3n) is 3.51. The van der Waals surface area contributed by atoms with Gasteiger partial charge in [0, 0.05) is 23.1 Å². The SMILES string of the molecule is CC(=O)Nc1c(Cl)c(Cl)c2c(c1Cl)[C@H](O)c1cc(Cl)ccc1-2. The fourth-order valence-corrected chi connectivity index (χ4v) is 3.73. The van der Waals surface area contributed by atoms with Crippen molar-refractivity contribution in [1.29, 1.82) is 0 Å². The van der Waals surface area contributed by atoms with Gasteiger partial charge in [-0.15, -0.1) is 0 Å². The lowest BCUT2D eigenvalue weighted by molar-refractivity contribution is -0.114. The second-order valence-corrected chi connectivity index (χ2v) is 6.49. The Bertz CT molecular complexity index is 820. The third-order valence-corrected chi connectivity index (χ3v) is 4.99. The van der Waals surface area contributed by atoms with Gasteiger partial charge in [0.15, 0.2) is 0 Å². The maximum atomic E-state index is 11.3. The Morgan fingerprint density at radius 3 is 2.45 bits per heavy atom. The second kappa shape index (κ2) is 5.59. The molecule has 2 aromatic rings. The van der Waals surface area contributed by atoms with E-state index in [0.29, 0.717) is 21.7 Å². The minimum Gasteiger partial charge on any atom is -0.384 e. The molecule has 0 aliphatic heterocycles. The minimum absolute atomic E-state index is 0.135. The molecule has 22 heavy (non-hydrogen) atoms. The number of aliphatic hydroxyl groups excluding tert-OH is 1. The molecule has 1 aliphatic rings. The molecule has 0 saturated heterocycles. The van der Waals surface area contributed by atoms with Crippen LogP contribution in [0.15, 0.2) is 18.2 Å². The fraction of sp³-hybridized carbons (Fsp3) is 0.133. The number of fused-ring (bicyclic) bond motifs is 3. The van der Waals surface area contributed by atoms with E-state index in [1.54, 1.807) is 18.2 Å².